The van der Waals surface area contributed by atoms with Gasteiger partial charge in [0.2, 0.25) is 0 Å². The summed E-state index contributed by atoms with van der Waals surface area (Å²) in [5, 5.41) is 8.63. The molecule has 29 heavy (non-hydrogen) atoms. The van der Waals surface area contributed by atoms with E-state index in [1.165, 1.54) is 0 Å². The van der Waals surface area contributed by atoms with Crippen molar-refractivity contribution in [2.24, 2.45) is 0 Å². The molecule has 1 atom stereocenters. The zero-order chi connectivity index (χ0) is 20.2. The Morgan fingerprint density at radius 2 is 2.17 bits per heavy atom. The fourth-order valence-corrected chi connectivity index (χ4v) is 3.76. The van der Waals surface area contributed by atoms with Gasteiger partial charge in [-0.1, -0.05) is 18.7 Å². The molecule has 150 valence electrons. The number of methoxy groups -OCH3 is 1. The SMILES string of the molecule is C=CCOc1ccc(C(=O)N2CCCC(c3nnc4ccccn34)C2)cc1OC. The largest absolute Gasteiger partial charge is 0.493 e. The molecule has 0 spiro atoms. The number of rotatable bonds is 6. The Labute approximate surface area is 169 Å². The van der Waals surface area contributed by atoms with Crippen LogP contribution in [0, 0.1) is 0 Å². The number of amides is 1. The van der Waals surface area contributed by atoms with Gasteiger partial charge in [-0.25, -0.2) is 0 Å². The van der Waals surface area contributed by atoms with E-state index in [1.54, 1.807) is 31.4 Å². The van der Waals surface area contributed by atoms with Crippen LogP contribution in [0.5, 0.6) is 11.5 Å². The van der Waals surface area contributed by atoms with Gasteiger partial charge >= 0.3 is 0 Å². The first kappa shape index (κ1) is 19.0. The fraction of sp³-hybridized carbons (Fsp3) is 0.318. The number of likely N-dealkylation sites (tertiary alicyclic amines) is 1. The van der Waals surface area contributed by atoms with Crippen molar-refractivity contribution >= 4 is 11.6 Å². The van der Waals surface area contributed by atoms with Crippen LogP contribution >= 0.6 is 0 Å². The number of ether oxygens (including phenoxy) is 2. The third kappa shape index (κ3) is 3.81. The number of carbonyl (C=O) groups is 1. The number of hydrogen-bond donors (Lipinski definition) is 0. The summed E-state index contributed by atoms with van der Waals surface area (Å²) in [5.74, 6) is 2.17. The Hall–Kier alpha value is -3.35. The molecule has 0 aliphatic carbocycles. The van der Waals surface area contributed by atoms with Crippen LogP contribution in [-0.4, -0.2) is 52.2 Å². The molecular formula is C22H24N4O3. The van der Waals surface area contributed by atoms with Gasteiger partial charge in [0.1, 0.15) is 12.4 Å². The lowest BCUT2D eigenvalue weighted by Crippen LogP contribution is -2.39. The quantitative estimate of drug-likeness (QED) is 0.602. The van der Waals surface area contributed by atoms with E-state index in [9.17, 15) is 4.79 Å². The van der Waals surface area contributed by atoms with Crippen LogP contribution in [-0.2, 0) is 0 Å². The normalized spacial score (nSPS) is 16.6. The average Bonchev–Trinajstić information content (AvgIpc) is 3.21. The van der Waals surface area contributed by atoms with Crippen molar-refractivity contribution in [1.82, 2.24) is 19.5 Å². The number of carbonyl (C=O) groups excluding carboxylic acids is 1. The third-order valence-electron chi connectivity index (χ3n) is 5.18. The zero-order valence-electron chi connectivity index (χ0n) is 16.5. The molecule has 3 aromatic rings. The molecule has 0 saturated carbocycles. The van der Waals surface area contributed by atoms with Crippen molar-refractivity contribution in [1.29, 1.82) is 0 Å². The van der Waals surface area contributed by atoms with Gasteiger partial charge in [-0.05, 0) is 43.2 Å². The van der Waals surface area contributed by atoms with Crippen molar-refractivity contribution in [2.45, 2.75) is 18.8 Å². The predicted molar refractivity (Wildman–Crippen MR) is 110 cm³/mol. The van der Waals surface area contributed by atoms with E-state index in [-0.39, 0.29) is 11.8 Å². The van der Waals surface area contributed by atoms with Gasteiger partial charge in [0.05, 0.1) is 7.11 Å². The first-order valence-corrected chi connectivity index (χ1v) is 9.72. The van der Waals surface area contributed by atoms with Gasteiger partial charge < -0.3 is 14.4 Å². The van der Waals surface area contributed by atoms with Crippen molar-refractivity contribution in [3.8, 4) is 11.5 Å². The van der Waals surface area contributed by atoms with E-state index in [0.717, 1.165) is 30.9 Å². The van der Waals surface area contributed by atoms with Gasteiger partial charge in [0, 0.05) is 30.8 Å². The number of piperidine rings is 1. The average molecular weight is 392 g/mol. The Balaban J connectivity index is 1.53. The molecule has 7 nitrogen and oxygen atoms in total. The molecule has 1 unspecified atom stereocenters. The lowest BCUT2D eigenvalue weighted by molar-refractivity contribution is 0.0703. The number of nitrogens with zero attached hydrogens (tertiary/aromatic N) is 4. The molecule has 1 saturated heterocycles. The predicted octanol–water partition coefficient (Wildman–Crippen LogP) is 3.32. The lowest BCUT2D eigenvalue weighted by atomic mass is 9.96. The molecule has 1 aliphatic heterocycles. The summed E-state index contributed by atoms with van der Waals surface area (Å²) in [4.78, 5) is 15.0. The number of hydrogen-bond acceptors (Lipinski definition) is 5. The second-order valence-corrected chi connectivity index (χ2v) is 7.04. The summed E-state index contributed by atoms with van der Waals surface area (Å²) in [7, 11) is 1.57. The van der Waals surface area contributed by atoms with Gasteiger partial charge in [-0.15, -0.1) is 10.2 Å². The molecular weight excluding hydrogens is 368 g/mol. The summed E-state index contributed by atoms with van der Waals surface area (Å²) >= 11 is 0. The highest BCUT2D eigenvalue weighted by atomic mass is 16.5. The number of fused-ring (bicyclic) bond motifs is 1. The summed E-state index contributed by atoms with van der Waals surface area (Å²) in [6.07, 6.45) is 5.55. The van der Waals surface area contributed by atoms with Crippen LogP contribution in [0.15, 0.2) is 55.3 Å². The molecule has 1 fully saturated rings. The number of benzene rings is 1. The maximum Gasteiger partial charge on any atom is 0.254 e. The first-order valence-electron chi connectivity index (χ1n) is 9.72. The van der Waals surface area contributed by atoms with E-state index in [0.29, 0.717) is 30.2 Å². The molecule has 3 heterocycles. The van der Waals surface area contributed by atoms with E-state index >= 15 is 0 Å². The number of aromatic nitrogens is 3. The Morgan fingerprint density at radius 3 is 3.00 bits per heavy atom. The lowest BCUT2D eigenvalue weighted by Gasteiger charge is -2.32. The van der Waals surface area contributed by atoms with Gasteiger partial charge in [0.25, 0.3) is 5.91 Å². The topological polar surface area (TPSA) is 69.0 Å². The van der Waals surface area contributed by atoms with Crippen LogP contribution in [0.25, 0.3) is 5.65 Å². The molecule has 1 aliphatic rings. The van der Waals surface area contributed by atoms with E-state index in [1.807, 2.05) is 33.7 Å². The van der Waals surface area contributed by atoms with Crippen molar-refractivity contribution in [3.05, 3.63) is 66.6 Å². The molecule has 0 bridgehead atoms. The zero-order valence-corrected chi connectivity index (χ0v) is 16.5. The smallest absolute Gasteiger partial charge is 0.254 e. The summed E-state index contributed by atoms with van der Waals surface area (Å²) in [6.45, 7) is 5.37. The number of pyridine rings is 1. The van der Waals surface area contributed by atoms with Crippen LogP contribution < -0.4 is 9.47 Å². The minimum Gasteiger partial charge on any atom is -0.493 e. The molecule has 7 heteroatoms. The summed E-state index contributed by atoms with van der Waals surface area (Å²) < 4.78 is 13.0. The maximum atomic E-state index is 13.1. The molecule has 1 amide bonds. The minimum atomic E-state index is -0.0166. The second-order valence-electron chi connectivity index (χ2n) is 7.04. The van der Waals surface area contributed by atoms with E-state index < -0.39 is 0 Å². The highest BCUT2D eigenvalue weighted by Gasteiger charge is 2.28. The highest BCUT2D eigenvalue weighted by molar-refractivity contribution is 5.95. The van der Waals surface area contributed by atoms with Crippen molar-refractivity contribution in [3.63, 3.8) is 0 Å². The van der Waals surface area contributed by atoms with Crippen LogP contribution in [0.1, 0.15) is 34.9 Å². The summed E-state index contributed by atoms with van der Waals surface area (Å²) in [6, 6.07) is 11.1. The molecule has 4 rings (SSSR count). The Kier molecular flexibility index (Phi) is 5.46. The van der Waals surface area contributed by atoms with Crippen LogP contribution in [0.4, 0.5) is 0 Å². The molecule has 1 aromatic carbocycles. The van der Waals surface area contributed by atoms with Gasteiger partial charge in [-0.2, -0.15) is 0 Å². The standard InChI is InChI=1S/C22H24N4O3/c1-3-13-29-18-10-9-16(14-19(18)28-2)22(27)25-11-6-7-17(15-25)21-24-23-20-8-4-5-12-26(20)21/h3-5,8-10,12,14,17H,1,6-7,11,13,15H2,2H3. The molecule has 0 radical (unpaired) electrons. The Morgan fingerprint density at radius 1 is 1.28 bits per heavy atom. The van der Waals surface area contributed by atoms with Crippen LogP contribution in [0.2, 0.25) is 0 Å². The first-order chi connectivity index (χ1) is 14.2. The highest BCUT2D eigenvalue weighted by Crippen LogP contribution is 2.31. The monoisotopic (exact) mass is 392 g/mol. The molecule has 0 N–H and O–H groups in total. The van der Waals surface area contributed by atoms with Gasteiger partial charge in [-0.3, -0.25) is 9.20 Å². The maximum absolute atomic E-state index is 13.1. The second kappa shape index (κ2) is 8.34. The fourth-order valence-electron chi connectivity index (χ4n) is 3.76. The van der Waals surface area contributed by atoms with Crippen molar-refractivity contribution < 1.29 is 14.3 Å². The van der Waals surface area contributed by atoms with E-state index in [2.05, 4.69) is 16.8 Å². The summed E-state index contributed by atoms with van der Waals surface area (Å²) in [5.41, 5.74) is 1.41. The van der Waals surface area contributed by atoms with E-state index in [4.69, 9.17) is 9.47 Å². The Bertz CT molecular complexity index is 1030. The van der Waals surface area contributed by atoms with Crippen molar-refractivity contribution in [2.75, 3.05) is 26.8 Å². The third-order valence-corrected chi connectivity index (χ3v) is 5.18. The van der Waals surface area contributed by atoms with Crippen LogP contribution in [0.3, 0.4) is 0 Å². The minimum absolute atomic E-state index is 0.0166. The molecule has 2 aromatic heterocycles. The van der Waals surface area contributed by atoms with Gasteiger partial charge in [0.15, 0.2) is 17.1 Å².